The monoisotopic (exact) mass is 257 g/mol. The van der Waals surface area contributed by atoms with Crippen LogP contribution in [-0.4, -0.2) is 29.3 Å². The number of likely N-dealkylation sites (tertiary alicyclic amines) is 1. The third-order valence-corrected chi connectivity index (χ3v) is 4.77. The fourth-order valence-electron chi connectivity index (χ4n) is 3.41. The summed E-state index contributed by atoms with van der Waals surface area (Å²) in [5.74, 6) is 1.08. The van der Waals surface area contributed by atoms with Crippen LogP contribution < -0.4 is 0 Å². The first-order valence-corrected chi connectivity index (χ1v) is 7.58. The van der Waals surface area contributed by atoms with Crippen LogP contribution in [0.2, 0.25) is 0 Å². The van der Waals surface area contributed by atoms with E-state index in [9.17, 15) is 4.79 Å². The van der Waals surface area contributed by atoms with Crippen molar-refractivity contribution in [2.75, 3.05) is 12.4 Å². The molecule has 0 spiro atoms. The summed E-state index contributed by atoms with van der Waals surface area (Å²) in [6.07, 6.45) is 9.12. The van der Waals surface area contributed by atoms with E-state index in [-0.39, 0.29) is 5.41 Å². The van der Waals surface area contributed by atoms with Crippen molar-refractivity contribution in [1.29, 1.82) is 0 Å². The van der Waals surface area contributed by atoms with Crippen molar-refractivity contribution in [2.24, 2.45) is 5.41 Å². The van der Waals surface area contributed by atoms with Crippen LogP contribution in [0.15, 0.2) is 0 Å². The molecule has 0 bridgehead atoms. The van der Waals surface area contributed by atoms with E-state index in [4.69, 9.17) is 11.6 Å². The van der Waals surface area contributed by atoms with Gasteiger partial charge in [0.2, 0.25) is 5.91 Å². The number of carbonyl (C=O) groups is 1. The average Bonchev–Trinajstić information content (AvgIpc) is 2.78. The Morgan fingerprint density at radius 3 is 2.65 bits per heavy atom. The number of hydrogen-bond acceptors (Lipinski definition) is 1. The van der Waals surface area contributed by atoms with Gasteiger partial charge in [-0.15, -0.1) is 11.6 Å². The van der Waals surface area contributed by atoms with Gasteiger partial charge in [-0.2, -0.15) is 0 Å². The van der Waals surface area contributed by atoms with Crippen molar-refractivity contribution in [3.8, 4) is 0 Å². The highest BCUT2D eigenvalue weighted by Crippen LogP contribution is 2.40. The number of rotatable bonds is 3. The first kappa shape index (κ1) is 13.2. The maximum atomic E-state index is 12.7. The molecule has 0 radical (unpaired) electrons. The van der Waals surface area contributed by atoms with Crippen LogP contribution in [0.3, 0.4) is 0 Å². The fraction of sp³-hybridized carbons (Fsp3) is 0.929. The van der Waals surface area contributed by atoms with Gasteiger partial charge in [-0.05, 0) is 38.5 Å². The van der Waals surface area contributed by atoms with E-state index in [0.717, 1.165) is 32.2 Å². The van der Waals surface area contributed by atoms with E-state index in [1.807, 2.05) is 0 Å². The Morgan fingerprint density at radius 2 is 2.00 bits per heavy atom. The van der Waals surface area contributed by atoms with Crippen LogP contribution in [0.1, 0.15) is 58.3 Å². The minimum absolute atomic E-state index is 0.0676. The lowest BCUT2D eigenvalue weighted by molar-refractivity contribution is -0.144. The Kier molecular flexibility index (Phi) is 4.35. The summed E-state index contributed by atoms with van der Waals surface area (Å²) in [5.41, 5.74) is -0.0676. The van der Waals surface area contributed by atoms with Gasteiger partial charge in [0.05, 0.1) is 0 Å². The van der Waals surface area contributed by atoms with Gasteiger partial charge in [-0.3, -0.25) is 4.79 Å². The number of amides is 1. The zero-order valence-electron chi connectivity index (χ0n) is 10.9. The Labute approximate surface area is 110 Å². The van der Waals surface area contributed by atoms with Gasteiger partial charge in [0.15, 0.2) is 0 Å². The number of halogens is 1. The third-order valence-electron chi connectivity index (χ3n) is 4.55. The molecule has 2 nitrogen and oxygen atoms in total. The number of hydrogen-bond donors (Lipinski definition) is 0. The van der Waals surface area contributed by atoms with Gasteiger partial charge in [0.25, 0.3) is 0 Å². The molecular formula is C14H24ClNO. The summed E-state index contributed by atoms with van der Waals surface area (Å²) in [4.78, 5) is 14.8. The largest absolute Gasteiger partial charge is 0.339 e. The molecule has 1 aliphatic heterocycles. The molecule has 1 unspecified atom stereocenters. The Morgan fingerprint density at radius 1 is 1.29 bits per heavy atom. The molecule has 17 heavy (non-hydrogen) atoms. The van der Waals surface area contributed by atoms with E-state index in [1.165, 1.54) is 25.7 Å². The predicted octanol–water partition coefficient (Wildman–Crippen LogP) is 3.58. The second kappa shape index (κ2) is 5.60. The highest BCUT2D eigenvalue weighted by atomic mass is 35.5. The first-order valence-electron chi connectivity index (χ1n) is 7.04. The van der Waals surface area contributed by atoms with Crippen molar-refractivity contribution in [2.45, 2.75) is 64.3 Å². The highest BCUT2D eigenvalue weighted by molar-refractivity contribution is 6.17. The van der Waals surface area contributed by atoms with Crippen LogP contribution >= 0.6 is 11.6 Å². The summed E-state index contributed by atoms with van der Waals surface area (Å²) in [5, 5.41) is 0. The fourth-order valence-corrected chi connectivity index (χ4v) is 3.66. The molecule has 0 aromatic rings. The molecule has 3 heteroatoms. The van der Waals surface area contributed by atoms with E-state index in [0.29, 0.717) is 17.8 Å². The topological polar surface area (TPSA) is 20.3 Å². The lowest BCUT2D eigenvalue weighted by Crippen LogP contribution is -2.49. The standard InChI is InChI=1S/C14H24ClNO/c1-14(8-3-4-9-14)13(17)16-11-5-2-6-12(16)7-10-15/h12H,2-11H2,1H3. The van der Waals surface area contributed by atoms with Crippen molar-refractivity contribution in [3.05, 3.63) is 0 Å². The lowest BCUT2D eigenvalue weighted by atomic mass is 9.85. The minimum Gasteiger partial charge on any atom is -0.339 e. The summed E-state index contributed by atoms with van der Waals surface area (Å²) in [6, 6.07) is 0.408. The maximum Gasteiger partial charge on any atom is 0.228 e. The van der Waals surface area contributed by atoms with Gasteiger partial charge < -0.3 is 4.90 Å². The molecule has 98 valence electrons. The molecule has 1 aliphatic carbocycles. The molecule has 1 amide bonds. The molecule has 0 aromatic heterocycles. The second-order valence-electron chi connectivity index (χ2n) is 5.89. The molecule has 1 atom stereocenters. The number of carbonyl (C=O) groups excluding carboxylic acids is 1. The molecule has 2 aliphatic rings. The average molecular weight is 258 g/mol. The van der Waals surface area contributed by atoms with E-state index in [2.05, 4.69) is 11.8 Å². The summed E-state index contributed by atoms with van der Waals surface area (Å²) in [7, 11) is 0. The molecule has 2 fully saturated rings. The van der Waals surface area contributed by atoms with Gasteiger partial charge in [-0.1, -0.05) is 19.8 Å². The molecule has 2 rings (SSSR count). The molecule has 0 aromatic carbocycles. The molecule has 0 N–H and O–H groups in total. The summed E-state index contributed by atoms with van der Waals surface area (Å²) >= 11 is 5.86. The molecule has 1 heterocycles. The SMILES string of the molecule is CC1(C(=O)N2CCCCC2CCCl)CCCC1. The van der Waals surface area contributed by atoms with E-state index < -0.39 is 0 Å². The smallest absolute Gasteiger partial charge is 0.228 e. The van der Waals surface area contributed by atoms with Crippen LogP contribution in [0.4, 0.5) is 0 Å². The number of nitrogens with zero attached hydrogens (tertiary/aromatic N) is 1. The molecule has 1 saturated heterocycles. The molecular weight excluding hydrogens is 234 g/mol. The Balaban J connectivity index is 2.05. The van der Waals surface area contributed by atoms with Crippen LogP contribution in [0.5, 0.6) is 0 Å². The van der Waals surface area contributed by atoms with Crippen molar-refractivity contribution in [1.82, 2.24) is 4.90 Å². The maximum absolute atomic E-state index is 12.7. The summed E-state index contributed by atoms with van der Waals surface area (Å²) in [6.45, 7) is 3.12. The lowest BCUT2D eigenvalue weighted by Gasteiger charge is -2.40. The Hall–Kier alpha value is -0.240. The van der Waals surface area contributed by atoms with Crippen LogP contribution in [0.25, 0.3) is 0 Å². The van der Waals surface area contributed by atoms with Crippen molar-refractivity contribution >= 4 is 17.5 Å². The van der Waals surface area contributed by atoms with Crippen LogP contribution in [0, 0.1) is 5.41 Å². The van der Waals surface area contributed by atoms with Crippen molar-refractivity contribution in [3.63, 3.8) is 0 Å². The Bertz CT molecular complexity index is 271. The predicted molar refractivity (Wildman–Crippen MR) is 71.3 cm³/mol. The normalized spacial score (nSPS) is 28.4. The van der Waals surface area contributed by atoms with Gasteiger partial charge in [0, 0.05) is 23.9 Å². The van der Waals surface area contributed by atoms with Crippen molar-refractivity contribution < 1.29 is 4.79 Å². The zero-order valence-corrected chi connectivity index (χ0v) is 11.6. The zero-order chi connectivity index (χ0) is 12.3. The van der Waals surface area contributed by atoms with E-state index in [1.54, 1.807) is 0 Å². The van der Waals surface area contributed by atoms with E-state index >= 15 is 0 Å². The molecule has 1 saturated carbocycles. The van der Waals surface area contributed by atoms with Gasteiger partial charge in [-0.25, -0.2) is 0 Å². The quantitative estimate of drug-likeness (QED) is 0.708. The summed E-state index contributed by atoms with van der Waals surface area (Å²) < 4.78 is 0. The highest BCUT2D eigenvalue weighted by Gasteiger charge is 2.41. The van der Waals surface area contributed by atoms with Crippen LogP contribution in [-0.2, 0) is 4.79 Å². The third kappa shape index (κ3) is 2.78. The number of alkyl halides is 1. The number of piperidine rings is 1. The first-order chi connectivity index (χ1) is 8.17. The van der Waals surface area contributed by atoms with Gasteiger partial charge >= 0.3 is 0 Å². The second-order valence-corrected chi connectivity index (χ2v) is 6.27. The minimum atomic E-state index is -0.0676. The van der Waals surface area contributed by atoms with Gasteiger partial charge in [0.1, 0.15) is 0 Å².